The summed E-state index contributed by atoms with van der Waals surface area (Å²) in [4.78, 5) is 26.4. The summed E-state index contributed by atoms with van der Waals surface area (Å²) in [6.45, 7) is 2.66. The Morgan fingerprint density at radius 1 is 1.24 bits per heavy atom. The molecule has 2 aliphatic rings. The maximum atomic E-state index is 12.6. The van der Waals surface area contributed by atoms with Gasteiger partial charge in [0.05, 0.1) is 18.2 Å². The molecule has 2 amide bonds. The Balaban J connectivity index is 1.47. The maximum absolute atomic E-state index is 12.6. The number of nitrogens with zero attached hydrogens (tertiary/aromatic N) is 1. The lowest BCUT2D eigenvalue weighted by Crippen LogP contribution is -2.53. The molecule has 3 rings (SSSR count). The highest BCUT2D eigenvalue weighted by molar-refractivity contribution is 5.85. The quantitative estimate of drug-likeness (QED) is 0.858. The molecule has 5 nitrogen and oxygen atoms in total. The number of benzene rings is 1. The predicted octanol–water partition coefficient (Wildman–Crippen LogP) is 1.95. The molecule has 2 fully saturated rings. The molecule has 1 aromatic carbocycles. The van der Waals surface area contributed by atoms with Gasteiger partial charge in [0.1, 0.15) is 0 Å². The van der Waals surface area contributed by atoms with Crippen molar-refractivity contribution in [3.8, 4) is 0 Å². The van der Waals surface area contributed by atoms with E-state index < -0.39 is 6.10 Å². The molecule has 1 heterocycles. The normalized spacial score (nSPS) is 21.7. The van der Waals surface area contributed by atoms with Gasteiger partial charge in [-0.1, -0.05) is 42.7 Å². The summed E-state index contributed by atoms with van der Waals surface area (Å²) < 4.78 is 0. The first-order valence-electron chi connectivity index (χ1n) is 9.32. The molecule has 1 aromatic rings. The molecular weight excluding hydrogens is 316 g/mol. The van der Waals surface area contributed by atoms with Gasteiger partial charge in [-0.15, -0.1) is 0 Å². The molecular formula is C20H28N2O3. The molecule has 25 heavy (non-hydrogen) atoms. The average Bonchev–Trinajstić information content (AvgIpc) is 3.21. The first-order chi connectivity index (χ1) is 12.0. The van der Waals surface area contributed by atoms with Gasteiger partial charge in [0.15, 0.2) is 0 Å². The van der Waals surface area contributed by atoms with Crippen LogP contribution in [-0.2, 0) is 16.0 Å². The van der Waals surface area contributed by atoms with Gasteiger partial charge in [-0.25, -0.2) is 0 Å². The molecule has 1 aliphatic carbocycles. The molecule has 0 radical (unpaired) electrons. The van der Waals surface area contributed by atoms with Crippen molar-refractivity contribution in [1.29, 1.82) is 0 Å². The summed E-state index contributed by atoms with van der Waals surface area (Å²) in [6.07, 6.45) is 5.15. The lowest BCUT2D eigenvalue weighted by molar-refractivity contribution is -0.138. The van der Waals surface area contributed by atoms with E-state index in [0.29, 0.717) is 25.8 Å². The van der Waals surface area contributed by atoms with Gasteiger partial charge in [0, 0.05) is 13.0 Å². The second kappa shape index (κ2) is 7.56. The number of likely N-dealkylation sites (tertiary alicyclic amines) is 1. The van der Waals surface area contributed by atoms with Gasteiger partial charge in [-0.2, -0.15) is 0 Å². The van der Waals surface area contributed by atoms with Crippen molar-refractivity contribution in [2.75, 3.05) is 13.1 Å². The van der Waals surface area contributed by atoms with Crippen LogP contribution in [0, 0.1) is 6.92 Å². The van der Waals surface area contributed by atoms with Crippen LogP contribution in [0.5, 0.6) is 0 Å². The molecule has 1 aliphatic heterocycles. The lowest BCUT2D eigenvalue weighted by Gasteiger charge is -2.37. The highest BCUT2D eigenvalue weighted by Gasteiger charge is 2.51. The van der Waals surface area contributed by atoms with Crippen molar-refractivity contribution in [2.24, 2.45) is 0 Å². The molecule has 2 N–H and O–H groups in total. The molecule has 0 aromatic heterocycles. The Labute approximate surface area is 149 Å². The summed E-state index contributed by atoms with van der Waals surface area (Å²) in [5.74, 6) is -0.170. The molecule has 136 valence electrons. The van der Waals surface area contributed by atoms with E-state index >= 15 is 0 Å². The van der Waals surface area contributed by atoms with E-state index in [0.717, 1.165) is 31.2 Å². The van der Waals surface area contributed by atoms with E-state index in [1.54, 1.807) is 0 Å². The van der Waals surface area contributed by atoms with E-state index in [-0.39, 0.29) is 23.9 Å². The number of aliphatic hydroxyl groups is 1. The van der Waals surface area contributed by atoms with Crippen molar-refractivity contribution in [1.82, 2.24) is 10.2 Å². The molecule has 5 heteroatoms. The van der Waals surface area contributed by atoms with Crippen LogP contribution in [0.3, 0.4) is 0 Å². The molecule has 1 saturated heterocycles. The van der Waals surface area contributed by atoms with Crippen molar-refractivity contribution in [3.63, 3.8) is 0 Å². The third-order valence-corrected chi connectivity index (χ3v) is 5.75. The van der Waals surface area contributed by atoms with Crippen LogP contribution >= 0.6 is 0 Å². The van der Waals surface area contributed by atoms with Crippen molar-refractivity contribution in [3.05, 3.63) is 35.4 Å². The number of nitrogens with one attached hydrogen (secondary N) is 1. The molecule has 1 spiro atoms. The van der Waals surface area contributed by atoms with Crippen molar-refractivity contribution >= 4 is 11.8 Å². The van der Waals surface area contributed by atoms with Crippen LogP contribution in [0.4, 0.5) is 0 Å². The zero-order valence-corrected chi connectivity index (χ0v) is 15.0. The number of hydrogen-bond donors (Lipinski definition) is 2. The Morgan fingerprint density at radius 2 is 1.92 bits per heavy atom. The summed E-state index contributed by atoms with van der Waals surface area (Å²) >= 11 is 0. The second-order valence-electron chi connectivity index (χ2n) is 7.42. The Hall–Kier alpha value is -1.88. The van der Waals surface area contributed by atoms with E-state index in [1.807, 2.05) is 36.1 Å². The molecule has 1 unspecified atom stereocenters. The minimum Gasteiger partial charge on any atom is -0.391 e. The van der Waals surface area contributed by atoms with Crippen LogP contribution in [0.2, 0.25) is 0 Å². The summed E-state index contributed by atoms with van der Waals surface area (Å²) in [7, 11) is 0. The van der Waals surface area contributed by atoms with Gasteiger partial charge in [-0.3, -0.25) is 9.59 Å². The second-order valence-corrected chi connectivity index (χ2v) is 7.42. The van der Waals surface area contributed by atoms with Crippen LogP contribution in [0.25, 0.3) is 0 Å². The number of hydrogen-bond acceptors (Lipinski definition) is 3. The Kier molecular flexibility index (Phi) is 5.42. The minimum absolute atomic E-state index is 0.0290. The van der Waals surface area contributed by atoms with Crippen LogP contribution in [-0.4, -0.2) is 46.6 Å². The minimum atomic E-state index is -0.420. The number of rotatable bonds is 5. The molecule has 1 saturated carbocycles. The Morgan fingerprint density at radius 3 is 2.60 bits per heavy atom. The summed E-state index contributed by atoms with van der Waals surface area (Å²) in [5, 5.41) is 13.1. The van der Waals surface area contributed by atoms with Gasteiger partial charge in [-0.05, 0) is 38.2 Å². The first-order valence-corrected chi connectivity index (χ1v) is 9.32. The first kappa shape index (κ1) is 17.9. The van der Waals surface area contributed by atoms with Crippen LogP contribution in [0.15, 0.2) is 24.3 Å². The Bertz CT molecular complexity index is 620. The van der Waals surface area contributed by atoms with Crippen LogP contribution < -0.4 is 5.32 Å². The fraction of sp³-hybridized carbons (Fsp3) is 0.600. The van der Waals surface area contributed by atoms with E-state index in [2.05, 4.69) is 5.32 Å². The SMILES string of the molecule is Cc1ccc(CCC(=O)NCC(=O)N2CCC(O)C23CCCC3)cc1. The van der Waals surface area contributed by atoms with Gasteiger partial charge >= 0.3 is 0 Å². The smallest absolute Gasteiger partial charge is 0.242 e. The number of aryl methyl sites for hydroxylation is 2. The largest absolute Gasteiger partial charge is 0.391 e. The number of carbonyl (C=O) groups is 2. The van der Waals surface area contributed by atoms with E-state index in [9.17, 15) is 14.7 Å². The van der Waals surface area contributed by atoms with Gasteiger partial charge < -0.3 is 15.3 Å². The standard InChI is InChI=1S/C20H28N2O3/c1-15-4-6-16(7-5-15)8-9-18(24)21-14-19(25)22-13-10-17(23)20(22)11-2-3-12-20/h4-7,17,23H,2-3,8-14H2,1H3,(H,21,24). The fourth-order valence-corrected chi connectivity index (χ4v) is 4.26. The third kappa shape index (κ3) is 3.87. The number of carbonyl (C=O) groups excluding carboxylic acids is 2. The van der Waals surface area contributed by atoms with Crippen molar-refractivity contribution in [2.45, 2.75) is 63.5 Å². The zero-order chi connectivity index (χ0) is 17.9. The zero-order valence-electron chi connectivity index (χ0n) is 15.0. The molecule has 0 bridgehead atoms. The summed E-state index contributed by atoms with van der Waals surface area (Å²) in [6, 6.07) is 8.14. The van der Waals surface area contributed by atoms with Gasteiger partial charge in [0.2, 0.25) is 11.8 Å². The van der Waals surface area contributed by atoms with Crippen molar-refractivity contribution < 1.29 is 14.7 Å². The number of amides is 2. The highest BCUT2D eigenvalue weighted by atomic mass is 16.3. The van der Waals surface area contributed by atoms with Crippen LogP contribution in [0.1, 0.15) is 49.7 Å². The average molecular weight is 344 g/mol. The fourth-order valence-electron chi connectivity index (χ4n) is 4.26. The highest BCUT2D eigenvalue weighted by Crippen LogP contribution is 2.43. The van der Waals surface area contributed by atoms with E-state index in [4.69, 9.17) is 0 Å². The lowest BCUT2D eigenvalue weighted by atomic mass is 9.91. The van der Waals surface area contributed by atoms with E-state index in [1.165, 1.54) is 5.56 Å². The summed E-state index contributed by atoms with van der Waals surface area (Å²) in [5.41, 5.74) is 1.95. The molecule has 1 atom stereocenters. The monoisotopic (exact) mass is 344 g/mol. The maximum Gasteiger partial charge on any atom is 0.242 e. The third-order valence-electron chi connectivity index (χ3n) is 5.75. The topological polar surface area (TPSA) is 69.6 Å². The number of aliphatic hydroxyl groups excluding tert-OH is 1. The van der Waals surface area contributed by atoms with Gasteiger partial charge in [0.25, 0.3) is 0 Å². The predicted molar refractivity (Wildman–Crippen MR) is 96.0 cm³/mol.